The van der Waals surface area contributed by atoms with E-state index in [1.165, 1.54) is 6.07 Å². The van der Waals surface area contributed by atoms with Gasteiger partial charge in [-0.25, -0.2) is 0 Å². The maximum atomic E-state index is 12.1. The van der Waals surface area contributed by atoms with Crippen LogP contribution in [-0.4, -0.2) is 39.7 Å². The Labute approximate surface area is 113 Å². The van der Waals surface area contributed by atoms with E-state index < -0.39 is 5.60 Å². The van der Waals surface area contributed by atoms with Gasteiger partial charge in [0.1, 0.15) is 11.4 Å². The van der Waals surface area contributed by atoms with Crippen molar-refractivity contribution in [3.63, 3.8) is 0 Å². The summed E-state index contributed by atoms with van der Waals surface area (Å²) in [6.45, 7) is 0.820. The van der Waals surface area contributed by atoms with Crippen LogP contribution in [0, 0.1) is 5.92 Å². The average Bonchev–Trinajstić information content (AvgIpc) is 3.12. The smallest absolute Gasteiger partial charge is 0.254 e. The molecule has 3 rings (SSSR count). The number of rotatable bonds is 2. The third-order valence-electron chi connectivity index (χ3n) is 3.75. The summed E-state index contributed by atoms with van der Waals surface area (Å²) in [6, 6.07) is 4.76. The maximum absolute atomic E-state index is 12.1. The fraction of sp³-hybridized carbons (Fsp3) is 0.462. The van der Waals surface area contributed by atoms with Gasteiger partial charge < -0.3 is 15.1 Å². The summed E-state index contributed by atoms with van der Waals surface area (Å²) in [7, 11) is 0. The van der Waals surface area contributed by atoms with Crippen molar-refractivity contribution in [1.82, 2.24) is 4.90 Å². The first-order chi connectivity index (χ1) is 8.49. The van der Waals surface area contributed by atoms with Gasteiger partial charge in [0.2, 0.25) is 0 Å². The molecule has 1 aromatic rings. The number of amides is 1. The number of carbonyl (C=O) groups is 1. The summed E-state index contributed by atoms with van der Waals surface area (Å²) >= 11 is 3.18. The van der Waals surface area contributed by atoms with Crippen molar-refractivity contribution in [1.29, 1.82) is 0 Å². The second kappa shape index (κ2) is 3.96. The molecule has 1 saturated heterocycles. The van der Waals surface area contributed by atoms with Crippen LogP contribution in [0.15, 0.2) is 22.7 Å². The van der Waals surface area contributed by atoms with Crippen molar-refractivity contribution in [3.8, 4) is 5.75 Å². The molecule has 4 nitrogen and oxygen atoms in total. The fourth-order valence-electron chi connectivity index (χ4n) is 2.47. The van der Waals surface area contributed by atoms with Gasteiger partial charge in [0, 0.05) is 5.56 Å². The minimum Gasteiger partial charge on any atom is -0.507 e. The Bertz CT molecular complexity index is 507. The molecule has 18 heavy (non-hydrogen) atoms. The van der Waals surface area contributed by atoms with Crippen molar-refractivity contribution in [3.05, 3.63) is 28.2 Å². The van der Waals surface area contributed by atoms with Gasteiger partial charge in [0.25, 0.3) is 5.91 Å². The van der Waals surface area contributed by atoms with E-state index in [1.54, 1.807) is 17.0 Å². The van der Waals surface area contributed by atoms with Crippen LogP contribution in [0.5, 0.6) is 5.75 Å². The Kier molecular flexibility index (Phi) is 2.64. The second-order valence-corrected chi connectivity index (χ2v) is 6.06. The van der Waals surface area contributed by atoms with Crippen molar-refractivity contribution in [2.75, 3.05) is 13.1 Å². The van der Waals surface area contributed by atoms with Crippen molar-refractivity contribution < 1.29 is 15.0 Å². The first kappa shape index (κ1) is 12.0. The van der Waals surface area contributed by atoms with Gasteiger partial charge in [-0.05, 0) is 52.9 Å². The molecule has 0 bridgehead atoms. The van der Waals surface area contributed by atoms with Gasteiger partial charge in [-0.1, -0.05) is 0 Å². The molecule has 0 atom stereocenters. The molecule has 96 valence electrons. The lowest BCUT2D eigenvalue weighted by Gasteiger charge is -2.47. The number of phenols is 1. The summed E-state index contributed by atoms with van der Waals surface area (Å²) in [4.78, 5) is 13.7. The van der Waals surface area contributed by atoms with E-state index in [-0.39, 0.29) is 11.7 Å². The number of β-amino-alcohol motifs (C(OH)–C–C–N with tert-alkyl or cyclic N) is 1. The Balaban J connectivity index is 1.70. The first-order valence-corrected chi connectivity index (χ1v) is 6.79. The van der Waals surface area contributed by atoms with Crippen LogP contribution < -0.4 is 0 Å². The second-order valence-electron chi connectivity index (χ2n) is 5.21. The number of aliphatic hydroxyl groups is 1. The zero-order valence-corrected chi connectivity index (χ0v) is 11.4. The minimum absolute atomic E-state index is 0.0545. The third-order valence-corrected chi connectivity index (χ3v) is 4.42. The van der Waals surface area contributed by atoms with Gasteiger partial charge in [-0.15, -0.1) is 0 Å². The van der Waals surface area contributed by atoms with Gasteiger partial charge in [-0.3, -0.25) is 4.79 Å². The Morgan fingerprint density at radius 3 is 2.61 bits per heavy atom. The molecule has 1 amide bonds. The molecule has 1 saturated carbocycles. The van der Waals surface area contributed by atoms with Crippen molar-refractivity contribution in [2.45, 2.75) is 18.4 Å². The van der Waals surface area contributed by atoms with E-state index in [2.05, 4.69) is 15.9 Å². The normalized spacial score (nSPS) is 21.6. The van der Waals surface area contributed by atoms with Crippen LogP contribution in [0.2, 0.25) is 0 Å². The Hall–Kier alpha value is -1.07. The van der Waals surface area contributed by atoms with Crippen molar-refractivity contribution in [2.24, 2.45) is 5.92 Å². The highest BCUT2D eigenvalue weighted by molar-refractivity contribution is 9.10. The number of phenolic OH excluding ortho intramolecular Hbond substituents is 1. The lowest BCUT2D eigenvalue weighted by molar-refractivity contribution is -0.0958. The lowest BCUT2D eigenvalue weighted by Crippen LogP contribution is -2.64. The van der Waals surface area contributed by atoms with E-state index >= 15 is 0 Å². The molecule has 2 aliphatic rings. The number of likely N-dealkylation sites (tertiary alicyclic amines) is 1. The maximum Gasteiger partial charge on any atom is 0.254 e. The minimum atomic E-state index is -0.660. The van der Waals surface area contributed by atoms with Gasteiger partial charge in [-0.2, -0.15) is 0 Å². The number of carbonyl (C=O) groups excluding carboxylic acids is 1. The molecular weight excluding hydrogens is 298 g/mol. The van der Waals surface area contributed by atoms with E-state index in [0.29, 0.717) is 29.0 Å². The highest BCUT2D eigenvalue weighted by atomic mass is 79.9. The highest BCUT2D eigenvalue weighted by Gasteiger charge is 2.53. The number of hydrogen-bond donors (Lipinski definition) is 2. The molecule has 0 unspecified atom stereocenters. The SMILES string of the molecule is O=C(c1ccc(Br)c(O)c1)N1CC(O)(C2CC2)C1. The number of benzene rings is 1. The molecule has 0 aromatic heterocycles. The molecular formula is C13H14BrNO3. The van der Waals surface area contributed by atoms with Crippen molar-refractivity contribution >= 4 is 21.8 Å². The standard InChI is InChI=1S/C13H14BrNO3/c14-10-4-1-8(5-11(10)16)12(17)15-6-13(18,7-15)9-2-3-9/h1,4-5,9,16,18H,2-3,6-7H2. The van der Waals surface area contributed by atoms with Crippen LogP contribution in [0.1, 0.15) is 23.2 Å². The average molecular weight is 312 g/mol. The fourth-order valence-corrected chi connectivity index (χ4v) is 2.71. The van der Waals surface area contributed by atoms with Gasteiger partial charge in [0.05, 0.1) is 17.6 Å². The van der Waals surface area contributed by atoms with E-state index in [4.69, 9.17) is 0 Å². The number of hydrogen-bond acceptors (Lipinski definition) is 3. The quantitative estimate of drug-likeness (QED) is 0.875. The molecule has 1 aliphatic heterocycles. The molecule has 2 N–H and O–H groups in total. The number of nitrogens with zero attached hydrogens (tertiary/aromatic N) is 1. The summed E-state index contributed by atoms with van der Waals surface area (Å²) in [5, 5.41) is 19.7. The highest BCUT2D eigenvalue weighted by Crippen LogP contribution is 2.44. The van der Waals surface area contributed by atoms with Gasteiger partial charge in [0.15, 0.2) is 0 Å². The van der Waals surface area contributed by atoms with E-state index in [1.807, 2.05) is 0 Å². The van der Waals surface area contributed by atoms with Crippen LogP contribution >= 0.6 is 15.9 Å². The van der Waals surface area contributed by atoms with Crippen LogP contribution in [-0.2, 0) is 0 Å². The third kappa shape index (κ3) is 1.91. The van der Waals surface area contributed by atoms with E-state index in [9.17, 15) is 15.0 Å². The largest absolute Gasteiger partial charge is 0.507 e. The Morgan fingerprint density at radius 2 is 2.06 bits per heavy atom. The van der Waals surface area contributed by atoms with Crippen LogP contribution in [0.25, 0.3) is 0 Å². The monoisotopic (exact) mass is 311 g/mol. The Morgan fingerprint density at radius 1 is 1.39 bits per heavy atom. The molecule has 1 aromatic carbocycles. The predicted molar refractivity (Wildman–Crippen MR) is 69.4 cm³/mol. The number of halogens is 1. The van der Waals surface area contributed by atoms with Crippen LogP contribution in [0.4, 0.5) is 0 Å². The van der Waals surface area contributed by atoms with Crippen LogP contribution in [0.3, 0.4) is 0 Å². The van der Waals surface area contributed by atoms with E-state index in [0.717, 1.165) is 12.8 Å². The summed E-state index contributed by atoms with van der Waals surface area (Å²) < 4.78 is 0.567. The molecule has 2 fully saturated rings. The molecule has 1 heterocycles. The zero-order valence-electron chi connectivity index (χ0n) is 9.77. The molecule has 1 aliphatic carbocycles. The summed E-state index contributed by atoms with van der Waals surface area (Å²) in [5.41, 5.74) is -0.207. The lowest BCUT2D eigenvalue weighted by atomic mass is 9.88. The predicted octanol–water partition coefficient (Wildman–Crippen LogP) is 1.75. The summed E-state index contributed by atoms with van der Waals surface area (Å²) in [5.74, 6) is 0.293. The summed E-state index contributed by atoms with van der Waals surface area (Å²) in [6.07, 6.45) is 2.13. The topological polar surface area (TPSA) is 60.8 Å². The zero-order chi connectivity index (χ0) is 12.9. The molecule has 5 heteroatoms. The first-order valence-electron chi connectivity index (χ1n) is 6.00. The molecule has 0 spiro atoms. The number of aromatic hydroxyl groups is 1. The molecule has 0 radical (unpaired) electrons. The van der Waals surface area contributed by atoms with Gasteiger partial charge >= 0.3 is 0 Å².